The summed E-state index contributed by atoms with van der Waals surface area (Å²) in [6, 6.07) is 18.2. The van der Waals surface area contributed by atoms with Crippen LogP contribution < -0.4 is 5.32 Å². The molecule has 0 radical (unpaired) electrons. The number of alkyl carbamates (subject to hydrolysis) is 1. The first-order valence-corrected chi connectivity index (χ1v) is 21.8. The van der Waals surface area contributed by atoms with Crippen LogP contribution in [0, 0.1) is 0 Å². The second kappa shape index (κ2) is 24.8. The van der Waals surface area contributed by atoms with E-state index in [9.17, 15) is 24.0 Å². The molecule has 346 valence electrons. The van der Waals surface area contributed by atoms with Gasteiger partial charge in [-0.15, -0.1) is 0 Å². The monoisotopic (exact) mass is 869 g/mol. The highest BCUT2D eigenvalue weighted by Gasteiger charge is 2.38. The molecule has 0 bridgehead atoms. The predicted molar refractivity (Wildman–Crippen MR) is 235 cm³/mol. The number of carbonyl (C=O) groups is 5. The maximum Gasteiger partial charge on any atom is 0.509 e. The molecule has 1 heterocycles. The Morgan fingerprint density at radius 3 is 1.89 bits per heavy atom. The van der Waals surface area contributed by atoms with Gasteiger partial charge in [0.25, 0.3) is 0 Å². The number of amides is 1. The normalized spacial score (nSPS) is 16.4. The van der Waals surface area contributed by atoms with Crippen LogP contribution in [0.1, 0.15) is 112 Å². The number of carbonyl (C=O) groups excluding carboxylic acids is 5. The quantitative estimate of drug-likeness (QED) is 0.0716. The van der Waals surface area contributed by atoms with E-state index in [1.54, 1.807) is 53.4 Å². The number of rotatable bonds is 22. The van der Waals surface area contributed by atoms with Gasteiger partial charge in [-0.2, -0.15) is 0 Å². The minimum absolute atomic E-state index is 0.0371. The van der Waals surface area contributed by atoms with Crippen LogP contribution in [0.4, 0.5) is 9.59 Å². The highest BCUT2D eigenvalue weighted by atomic mass is 16.7. The number of hydrogen-bond donors (Lipinski definition) is 1. The third kappa shape index (κ3) is 20.9. The summed E-state index contributed by atoms with van der Waals surface area (Å²) in [4.78, 5) is 71.9. The topological polar surface area (TPSA) is 162 Å². The Kier molecular flexibility index (Phi) is 20.6. The number of likely N-dealkylation sites (tertiary alicyclic amines) is 1. The van der Waals surface area contributed by atoms with Gasteiger partial charge in [0, 0.05) is 45.2 Å². The fourth-order valence-electron chi connectivity index (χ4n) is 7.00. The summed E-state index contributed by atoms with van der Waals surface area (Å²) < 4.78 is 33.7. The van der Waals surface area contributed by atoms with Crippen molar-refractivity contribution in [3.05, 3.63) is 71.8 Å². The smallest absolute Gasteiger partial charge is 0.460 e. The molecule has 1 N–H and O–H groups in total. The van der Waals surface area contributed by atoms with Gasteiger partial charge in [0.05, 0.1) is 19.7 Å². The summed E-state index contributed by atoms with van der Waals surface area (Å²) in [5.41, 5.74) is -0.326. The van der Waals surface area contributed by atoms with Gasteiger partial charge in [0.2, 0.25) is 0 Å². The van der Waals surface area contributed by atoms with Crippen molar-refractivity contribution in [3.8, 4) is 0 Å². The average molecular weight is 869 g/mol. The number of nitrogens with zero attached hydrogens (tertiary/aromatic N) is 3. The highest BCUT2D eigenvalue weighted by molar-refractivity contribution is 5.78. The molecular weight excluding hydrogens is 797 g/mol. The molecule has 2 aromatic carbocycles. The molecule has 0 aliphatic carbocycles. The molecule has 3 rings (SSSR count). The first-order valence-electron chi connectivity index (χ1n) is 21.8. The van der Waals surface area contributed by atoms with E-state index in [0.717, 1.165) is 11.1 Å². The average Bonchev–Trinajstić information content (AvgIpc) is 3.51. The summed E-state index contributed by atoms with van der Waals surface area (Å²) in [7, 11) is 0. The molecule has 0 unspecified atom stereocenters. The van der Waals surface area contributed by atoms with E-state index in [1.807, 2.05) is 86.3 Å². The maximum atomic E-state index is 14.1. The van der Waals surface area contributed by atoms with Crippen LogP contribution in [0.2, 0.25) is 0 Å². The van der Waals surface area contributed by atoms with Gasteiger partial charge in [0.15, 0.2) is 6.23 Å². The van der Waals surface area contributed by atoms with Crippen LogP contribution in [0.3, 0.4) is 0 Å². The van der Waals surface area contributed by atoms with Gasteiger partial charge >= 0.3 is 30.2 Å². The van der Waals surface area contributed by atoms with Crippen LogP contribution in [0.25, 0.3) is 0 Å². The molecule has 1 fully saturated rings. The Labute approximate surface area is 369 Å². The fourth-order valence-corrected chi connectivity index (χ4v) is 7.00. The SMILES string of the molecule is CCOC(=O)O[C@@H]1CC[C@@H](CN(CCN(CC(=O)OC(C)(C)C)[C@H](CCCCNC(=O)OC(C)(C)C)C(=O)OCc2ccccc2)CC(=O)OC(C)(C)C)N1Cc1ccccc1. The lowest BCUT2D eigenvalue weighted by Gasteiger charge is -2.35. The molecule has 15 heteroatoms. The largest absolute Gasteiger partial charge is 0.509 e. The molecule has 62 heavy (non-hydrogen) atoms. The Balaban J connectivity index is 1.94. The van der Waals surface area contributed by atoms with Crippen molar-refractivity contribution < 1.29 is 52.4 Å². The molecule has 0 spiro atoms. The second-order valence-corrected chi connectivity index (χ2v) is 18.6. The summed E-state index contributed by atoms with van der Waals surface area (Å²) in [5, 5.41) is 2.77. The van der Waals surface area contributed by atoms with E-state index in [-0.39, 0.29) is 45.4 Å². The van der Waals surface area contributed by atoms with E-state index >= 15 is 0 Å². The van der Waals surface area contributed by atoms with Crippen LogP contribution in [-0.2, 0) is 56.0 Å². The van der Waals surface area contributed by atoms with Gasteiger partial charge in [-0.05, 0) is 106 Å². The van der Waals surface area contributed by atoms with Gasteiger partial charge in [0.1, 0.15) is 29.5 Å². The van der Waals surface area contributed by atoms with Crippen LogP contribution in [0.5, 0.6) is 0 Å². The third-order valence-corrected chi connectivity index (χ3v) is 9.49. The number of benzene rings is 2. The van der Waals surface area contributed by atoms with Crippen molar-refractivity contribution in [1.29, 1.82) is 0 Å². The van der Waals surface area contributed by atoms with E-state index in [0.29, 0.717) is 51.7 Å². The van der Waals surface area contributed by atoms with E-state index in [4.69, 9.17) is 28.4 Å². The van der Waals surface area contributed by atoms with E-state index in [2.05, 4.69) is 10.2 Å². The lowest BCUT2D eigenvalue weighted by Crippen LogP contribution is -2.51. The number of unbranched alkanes of at least 4 members (excludes halogenated alkanes) is 1. The lowest BCUT2D eigenvalue weighted by atomic mass is 10.1. The summed E-state index contributed by atoms with van der Waals surface area (Å²) in [6.07, 6.45) is 0.724. The van der Waals surface area contributed by atoms with Gasteiger partial charge in [-0.3, -0.25) is 29.1 Å². The Morgan fingerprint density at radius 2 is 1.31 bits per heavy atom. The molecule has 1 saturated heterocycles. The first-order chi connectivity index (χ1) is 29.1. The molecule has 3 atom stereocenters. The molecule has 0 aromatic heterocycles. The maximum absolute atomic E-state index is 14.1. The van der Waals surface area contributed by atoms with Crippen LogP contribution in [0.15, 0.2) is 60.7 Å². The number of hydrogen-bond acceptors (Lipinski definition) is 14. The van der Waals surface area contributed by atoms with Crippen LogP contribution >= 0.6 is 0 Å². The van der Waals surface area contributed by atoms with Crippen molar-refractivity contribution in [3.63, 3.8) is 0 Å². The van der Waals surface area contributed by atoms with E-state index in [1.165, 1.54) is 0 Å². The zero-order chi connectivity index (χ0) is 45.9. The molecular formula is C47H72N4O11. The predicted octanol–water partition coefficient (Wildman–Crippen LogP) is 7.24. The molecule has 1 aliphatic heterocycles. The highest BCUT2D eigenvalue weighted by Crippen LogP contribution is 2.29. The minimum Gasteiger partial charge on any atom is -0.460 e. The van der Waals surface area contributed by atoms with Gasteiger partial charge in [-0.25, -0.2) is 9.59 Å². The molecule has 1 amide bonds. The summed E-state index contributed by atoms with van der Waals surface area (Å²) in [5.74, 6) is -1.47. The minimum atomic E-state index is -0.875. The zero-order valence-corrected chi connectivity index (χ0v) is 38.7. The molecule has 1 aliphatic rings. The van der Waals surface area contributed by atoms with Crippen molar-refractivity contribution >= 4 is 30.2 Å². The number of ether oxygens (including phenoxy) is 6. The standard InChI is InChI=1S/C47H72N4O11/c1-11-57-44(56)59-39-26-25-37(51(39)30-35-20-14-12-15-21-35)31-49(32-40(52)60-45(2,3)4)28-29-50(33-41(53)61-46(5,6)7)38(42(54)58-34-36-22-16-13-17-23-36)24-18-19-27-48-43(55)62-47(8,9)10/h12-17,20-23,37-39H,11,18-19,24-34H2,1-10H3,(H,48,55)/t37-,38+,39+/m0/s1. The zero-order valence-electron chi connectivity index (χ0n) is 38.7. The second-order valence-electron chi connectivity index (χ2n) is 18.6. The van der Waals surface area contributed by atoms with Crippen molar-refractivity contribution in [2.75, 3.05) is 45.9 Å². The van der Waals surface area contributed by atoms with Gasteiger partial charge < -0.3 is 33.7 Å². The summed E-state index contributed by atoms with van der Waals surface area (Å²) in [6.45, 7) is 19.4. The first kappa shape index (κ1) is 51.6. The third-order valence-electron chi connectivity index (χ3n) is 9.49. The van der Waals surface area contributed by atoms with Gasteiger partial charge in [-0.1, -0.05) is 60.7 Å². The Morgan fingerprint density at radius 1 is 0.726 bits per heavy atom. The van der Waals surface area contributed by atoms with Crippen molar-refractivity contribution in [1.82, 2.24) is 20.0 Å². The summed E-state index contributed by atoms with van der Waals surface area (Å²) >= 11 is 0. The Hall–Kier alpha value is -4.73. The number of esters is 3. The van der Waals surface area contributed by atoms with E-state index < -0.39 is 59.2 Å². The van der Waals surface area contributed by atoms with Crippen molar-refractivity contribution in [2.24, 2.45) is 0 Å². The van der Waals surface area contributed by atoms with Crippen LogP contribution in [-0.4, -0.2) is 126 Å². The lowest BCUT2D eigenvalue weighted by molar-refractivity contribution is -0.161. The molecule has 2 aromatic rings. The Bertz CT molecular complexity index is 1690. The molecule has 15 nitrogen and oxygen atoms in total. The van der Waals surface area contributed by atoms with Crippen molar-refractivity contribution in [2.45, 2.75) is 150 Å². The fraction of sp³-hybridized carbons (Fsp3) is 0.638. The molecule has 0 saturated carbocycles. The number of nitrogens with one attached hydrogen (secondary N) is 1.